The minimum atomic E-state index is 0.520. The zero-order valence-corrected chi connectivity index (χ0v) is 7.51. The van der Waals surface area contributed by atoms with Crippen LogP contribution in [0.2, 0.25) is 0 Å². The molecular formula is C7H11N3OS. The molecule has 5 heteroatoms. The molecule has 1 aliphatic rings. The molecule has 0 spiro atoms. The normalized spacial score (nSPS) is 19.3. The molecule has 0 radical (unpaired) electrons. The van der Waals surface area contributed by atoms with Crippen molar-refractivity contribution in [2.45, 2.75) is 18.9 Å². The standard InChI is InChI=1S/C7H11N3OS/c1-3-11-4-2-6(1)9-7-10-8-5-12-7/h5-6H,1-4H2,(H,9,10). The van der Waals surface area contributed by atoms with Gasteiger partial charge in [-0.2, -0.15) is 0 Å². The average molecular weight is 185 g/mol. The van der Waals surface area contributed by atoms with Crippen molar-refractivity contribution in [1.82, 2.24) is 10.2 Å². The highest BCUT2D eigenvalue weighted by molar-refractivity contribution is 7.13. The van der Waals surface area contributed by atoms with Crippen LogP contribution in [-0.2, 0) is 4.74 Å². The van der Waals surface area contributed by atoms with Crippen LogP contribution in [0, 0.1) is 0 Å². The maximum Gasteiger partial charge on any atom is 0.205 e. The lowest BCUT2D eigenvalue weighted by atomic mass is 10.1. The molecular weight excluding hydrogens is 174 g/mol. The molecule has 0 aromatic carbocycles. The molecule has 4 nitrogen and oxygen atoms in total. The average Bonchev–Trinajstić information content (AvgIpc) is 2.59. The van der Waals surface area contributed by atoms with Gasteiger partial charge in [0, 0.05) is 19.3 Å². The SMILES string of the molecule is c1nnc(NC2CCOCC2)s1. The third-order valence-electron chi connectivity index (χ3n) is 1.91. The van der Waals surface area contributed by atoms with Crippen LogP contribution < -0.4 is 5.32 Å². The number of nitrogens with one attached hydrogen (secondary N) is 1. The van der Waals surface area contributed by atoms with Crippen molar-refractivity contribution in [3.05, 3.63) is 5.51 Å². The van der Waals surface area contributed by atoms with E-state index in [4.69, 9.17) is 4.74 Å². The van der Waals surface area contributed by atoms with Gasteiger partial charge >= 0.3 is 0 Å². The van der Waals surface area contributed by atoms with Gasteiger partial charge in [0.25, 0.3) is 0 Å². The number of nitrogens with zero attached hydrogens (tertiary/aromatic N) is 2. The van der Waals surface area contributed by atoms with Crippen LogP contribution >= 0.6 is 11.3 Å². The predicted octanol–water partition coefficient (Wildman–Crippen LogP) is 1.13. The summed E-state index contributed by atoms with van der Waals surface area (Å²) in [4.78, 5) is 0. The fraction of sp³-hybridized carbons (Fsp3) is 0.714. The first-order valence-electron chi connectivity index (χ1n) is 4.05. The van der Waals surface area contributed by atoms with Gasteiger partial charge in [0.2, 0.25) is 5.13 Å². The summed E-state index contributed by atoms with van der Waals surface area (Å²) in [5.41, 5.74) is 1.74. The number of anilines is 1. The monoisotopic (exact) mass is 185 g/mol. The van der Waals surface area contributed by atoms with Crippen LogP contribution in [0.5, 0.6) is 0 Å². The van der Waals surface area contributed by atoms with E-state index in [0.29, 0.717) is 6.04 Å². The van der Waals surface area contributed by atoms with E-state index in [1.165, 1.54) is 0 Å². The minimum absolute atomic E-state index is 0.520. The summed E-state index contributed by atoms with van der Waals surface area (Å²) in [5, 5.41) is 11.9. The summed E-state index contributed by atoms with van der Waals surface area (Å²) in [6.45, 7) is 1.72. The summed E-state index contributed by atoms with van der Waals surface area (Å²) in [6, 6.07) is 0.520. The molecule has 0 bridgehead atoms. The molecule has 0 atom stereocenters. The topological polar surface area (TPSA) is 47.0 Å². The lowest BCUT2D eigenvalue weighted by molar-refractivity contribution is 0.0904. The van der Waals surface area contributed by atoms with E-state index in [1.807, 2.05) is 0 Å². The number of rotatable bonds is 2. The van der Waals surface area contributed by atoms with Crippen molar-refractivity contribution < 1.29 is 4.74 Å². The van der Waals surface area contributed by atoms with Crippen LogP contribution in [0.25, 0.3) is 0 Å². The van der Waals surface area contributed by atoms with Gasteiger partial charge in [-0.3, -0.25) is 0 Å². The second kappa shape index (κ2) is 3.82. The largest absolute Gasteiger partial charge is 0.381 e. The highest BCUT2D eigenvalue weighted by Crippen LogP contribution is 2.15. The Kier molecular flexibility index (Phi) is 2.53. The Hall–Kier alpha value is -0.680. The summed E-state index contributed by atoms with van der Waals surface area (Å²) < 4.78 is 5.25. The third-order valence-corrected chi connectivity index (χ3v) is 2.53. The second-order valence-electron chi connectivity index (χ2n) is 2.77. The Bertz CT molecular complexity index is 221. The van der Waals surface area contributed by atoms with Crippen molar-refractivity contribution in [2.24, 2.45) is 0 Å². The van der Waals surface area contributed by atoms with Crippen LogP contribution in [-0.4, -0.2) is 29.5 Å². The van der Waals surface area contributed by atoms with E-state index in [-0.39, 0.29) is 0 Å². The number of hydrogen-bond donors (Lipinski definition) is 1. The third kappa shape index (κ3) is 1.92. The molecule has 0 saturated carbocycles. The first-order valence-corrected chi connectivity index (χ1v) is 4.93. The zero-order valence-electron chi connectivity index (χ0n) is 6.69. The quantitative estimate of drug-likeness (QED) is 0.750. The van der Waals surface area contributed by atoms with E-state index in [1.54, 1.807) is 16.8 Å². The second-order valence-corrected chi connectivity index (χ2v) is 3.61. The molecule has 0 aliphatic carbocycles. The maximum absolute atomic E-state index is 5.25. The molecule has 66 valence electrons. The Labute approximate surface area is 75.0 Å². The maximum atomic E-state index is 5.25. The van der Waals surface area contributed by atoms with Gasteiger partial charge in [-0.25, -0.2) is 0 Å². The Morgan fingerprint density at radius 3 is 3.00 bits per heavy atom. The van der Waals surface area contributed by atoms with Crippen LogP contribution in [0.15, 0.2) is 5.51 Å². The van der Waals surface area contributed by atoms with Gasteiger partial charge in [0.1, 0.15) is 5.51 Å². The predicted molar refractivity (Wildman–Crippen MR) is 47.4 cm³/mol. The van der Waals surface area contributed by atoms with Crippen molar-refractivity contribution in [3.63, 3.8) is 0 Å². The number of aromatic nitrogens is 2. The van der Waals surface area contributed by atoms with E-state index in [0.717, 1.165) is 31.2 Å². The molecule has 0 unspecified atom stereocenters. The van der Waals surface area contributed by atoms with Crippen LogP contribution in [0.1, 0.15) is 12.8 Å². The molecule has 0 amide bonds. The fourth-order valence-corrected chi connectivity index (χ4v) is 1.78. The first kappa shape index (κ1) is 7.94. The van der Waals surface area contributed by atoms with E-state index in [9.17, 15) is 0 Å². The van der Waals surface area contributed by atoms with Gasteiger partial charge in [0.05, 0.1) is 0 Å². The first-order chi connectivity index (χ1) is 5.95. The van der Waals surface area contributed by atoms with E-state index < -0.39 is 0 Å². The smallest absolute Gasteiger partial charge is 0.205 e. The molecule has 1 aliphatic heterocycles. The van der Waals surface area contributed by atoms with Gasteiger partial charge in [-0.1, -0.05) is 11.3 Å². The Balaban J connectivity index is 1.86. The molecule has 1 fully saturated rings. The molecule has 12 heavy (non-hydrogen) atoms. The lowest BCUT2D eigenvalue weighted by Gasteiger charge is -2.22. The summed E-state index contributed by atoms with van der Waals surface area (Å²) in [7, 11) is 0. The number of ether oxygens (including phenoxy) is 1. The molecule has 1 aromatic heterocycles. The number of hydrogen-bond acceptors (Lipinski definition) is 5. The fourth-order valence-electron chi connectivity index (χ4n) is 1.25. The van der Waals surface area contributed by atoms with Crippen LogP contribution in [0.4, 0.5) is 5.13 Å². The van der Waals surface area contributed by atoms with E-state index >= 15 is 0 Å². The van der Waals surface area contributed by atoms with Crippen molar-refractivity contribution in [3.8, 4) is 0 Å². The Morgan fingerprint density at radius 1 is 1.50 bits per heavy atom. The van der Waals surface area contributed by atoms with Crippen LogP contribution in [0.3, 0.4) is 0 Å². The van der Waals surface area contributed by atoms with Gasteiger partial charge in [-0.15, -0.1) is 10.2 Å². The highest BCUT2D eigenvalue weighted by atomic mass is 32.1. The molecule has 2 heterocycles. The van der Waals surface area contributed by atoms with Gasteiger partial charge < -0.3 is 10.1 Å². The molecule has 1 aromatic rings. The van der Waals surface area contributed by atoms with Crippen molar-refractivity contribution in [1.29, 1.82) is 0 Å². The summed E-state index contributed by atoms with van der Waals surface area (Å²) >= 11 is 1.54. The van der Waals surface area contributed by atoms with Gasteiger partial charge in [-0.05, 0) is 12.8 Å². The molecule has 2 rings (SSSR count). The van der Waals surface area contributed by atoms with Crippen molar-refractivity contribution in [2.75, 3.05) is 18.5 Å². The minimum Gasteiger partial charge on any atom is -0.381 e. The summed E-state index contributed by atoms with van der Waals surface area (Å²) in [6.07, 6.45) is 2.14. The van der Waals surface area contributed by atoms with Crippen molar-refractivity contribution >= 4 is 16.5 Å². The van der Waals surface area contributed by atoms with E-state index in [2.05, 4.69) is 15.5 Å². The lowest BCUT2D eigenvalue weighted by Crippen LogP contribution is -2.27. The zero-order chi connectivity index (χ0) is 8.23. The molecule has 1 saturated heterocycles. The summed E-state index contributed by atoms with van der Waals surface area (Å²) in [5.74, 6) is 0. The Morgan fingerprint density at radius 2 is 2.33 bits per heavy atom. The van der Waals surface area contributed by atoms with Gasteiger partial charge in [0.15, 0.2) is 0 Å². The highest BCUT2D eigenvalue weighted by Gasteiger charge is 2.13. The molecule has 1 N–H and O–H groups in total.